The Kier molecular flexibility index (Phi) is 10.7. The first-order valence-electron chi connectivity index (χ1n) is 12.5. The summed E-state index contributed by atoms with van der Waals surface area (Å²) in [5.41, 5.74) is 0.998. The van der Waals surface area contributed by atoms with Crippen molar-refractivity contribution in [2.45, 2.75) is 45.3 Å². The molecule has 0 spiro atoms. The summed E-state index contributed by atoms with van der Waals surface area (Å²) in [6.07, 6.45) is 1.22. The van der Waals surface area contributed by atoms with Gasteiger partial charge < -0.3 is 10.2 Å². The van der Waals surface area contributed by atoms with Crippen molar-refractivity contribution in [1.82, 2.24) is 10.2 Å². The second kappa shape index (κ2) is 13.4. The molecule has 0 saturated carbocycles. The lowest BCUT2D eigenvalue weighted by Crippen LogP contribution is -2.56. The van der Waals surface area contributed by atoms with Crippen LogP contribution in [-0.2, 0) is 32.6 Å². The molecule has 1 atom stereocenters. The lowest BCUT2D eigenvalue weighted by molar-refractivity contribution is -0.140. The number of benzene rings is 3. The number of amides is 2. The Morgan fingerprint density at radius 2 is 1.55 bits per heavy atom. The van der Waals surface area contributed by atoms with Gasteiger partial charge in [-0.2, -0.15) is 0 Å². The van der Waals surface area contributed by atoms with Gasteiger partial charge in [0.15, 0.2) is 0 Å². The fourth-order valence-electron chi connectivity index (χ4n) is 4.11. The zero-order valence-electron chi connectivity index (χ0n) is 22.7. The van der Waals surface area contributed by atoms with Gasteiger partial charge in [0.1, 0.15) is 12.6 Å². The van der Waals surface area contributed by atoms with E-state index < -0.39 is 34.1 Å². The third-order valence-corrected chi connectivity index (χ3v) is 8.28. The van der Waals surface area contributed by atoms with E-state index in [9.17, 15) is 18.0 Å². The van der Waals surface area contributed by atoms with E-state index in [2.05, 4.69) is 21.2 Å². The van der Waals surface area contributed by atoms with Gasteiger partial charge in [0, 0.05) is 38.6 Å². The maximum absolute atomic E-state index is 14.1. The Morgan fingerprint density at radius 1 is 0.950 bits per heavy atom. The SMILES string of the molecule is CC(C)(C)NC(=O)C(Cc1ccccc1)N(Cc1c(Cl)cccc1Cl)C(=O)CN(c1cccc(Br)c1)S(C)(=O)=O. The first-order valence-corrected chi connectivity index (χ1v) is 15.9. The molecule has 0 heterocycles. The summed E-state index contributed by atoms with van der Waals surface area (Å²) < 4.78 is 27.4. The van der Waals surface area contributed by atoms with Gasteiger partial charge in [-0.15, -0.1) is 0 Å². The summed E-state index contributed by atoms with van der Waals surface area (Å²) in [7, 11) is -3.87. The molecule has 0 radical (unpaired) electrons. The number of sulfonamides is 1. The van der Waals surface area contributed by atoms with Crippen molar-refractivity contribution >= 4 is 66.7 Å². The molecule has 1 unspecified atom stereocenters. The molecular formula is C29H32BrCl2N3O4S. The molecule has 2 amide bonds. The molecule has 0 fully saturated rings. The number of carbonyl (C=O) groups is 2. The van der Waals surface area contributed by atoms with Gasteiger partial charge in [-0.1, -0.05) is 81.6 Å². The van der Waals surface area contributed by atoms with E-state index in [1.54, 1.807) is 42.5 Å². The molecule has 0 aliphatic heterocycles. The number of nitrogens with one attached hydrogen (secondary N) is 1. The topological polar surface area (TPSA) is 86.8 Å². The maximum atomic E-state index is 14.1. The third-order valence-electron chi connectivity index (χ3n) is 5.93. The van der Waals surface area contributed by atoms with Crippen molar-refractivity contribution in [3.8, 4) is 0 Å². The Hall–Kier alpha value is -2.59. The summed E-state index contributed by atoms with van der Waals surface area (Å²) in [6, 6.07) is 19.9. The summed E-state index contributed by atoms with van der Waals surface area (Å²) in [6.45, 7) is 4.90. The van der Waals surface area contributed by atoms with E-state index in [0.29, 0.717) is 25.8 Å². The third kappa shape index (κ3) is 8.96. The van der Waals surface area contributed by atoms with Crippen LogP contribution in [0, 0.1) is 0 Å². The minimum absolute atomic E-state index is 0.109. The van der Waals surface area contributed by atoms with Crippen molar-refractivity contribution in [2.75, 3.05) is 17.1 Å². The summed E-state index contributed by atoms with van der Waals surface area (Å²) in [4.78, 5) is 29.2. The molecule has 7 nitrogen and oxygen atoms in total. The van der Waals surface area contributed by atoms with Gasteiger partial charge in [-0.25, -0.2) is 8.42 Å². The Balaban J connectivity index is 2.12. The smallest absolute Gasteiger partial charge is 0.244 e. The number of hydrogen-bond donors (Lipinski definition) is 1. The van der Waals surface area contributed by atoms with Crippen molar-refractivity contribution in [1.29, 1.82) is 0 Å². The van der Waals surface area contributed by atoms with Crippen LogP contribution in [0.5, 0.6) is 0 Å². The van der Waals surface area contributed by atoms with E-state index >= 15 is 0 Å². The molecule has 214 valence electrons. The molecule has 3 rings (SSSR count). The molecule has 11 heteroatoms. The molecule has 0 aliphatic carbocycles. The molecule has 1 N–H and O–H groups in total. The van der Waals surface area contributed by atoms with Gasteiger partial charge in [0.2, 0.25) is 21.8 Å². The van der Waals surface area contributed by atoms with Crippen LogP contribution in [-0.4, -0.2) is 49.5 Å². The number of hydrogen-bond acceptors (Lipinski definition) is 4. The largest absolute Gasteiger partial charge is 0.350 e. The van der Waals surface area contributed by atoms with E-state index in [1.807, 2.05) is 51.1 Å². The van der Waals surface area contributed by atoms with Crippen molar-refractivity contribution in [2.24, 2.45) is 0 Å². The number of anilines is 1. The predicted molar refractivity (Wildman–Crippen MR) is 165 cm³/mol. The summed E-state index contributed by atoms with van der Waals surface area (Å²) in [5, 5.41) is 3.63. The molecule has 3 aromatic rings. The van der Waals surface area contributed by atoms with Crippen LogP contribution in [0.4, 0.5) is 5.69 Å². The molecule has 0 aromatic heterocycles. The predicted octanol–water partition coefficient (Wildman–Crippen LogP) is 6.08. The quantitative estimate of drug-likeness (QED) is 0.284. The zero-order chi connectivity index (χ0) is 29.7. The second-order valence-electron chi connectivity index (χ2n) is 10.4. The van der Waals surface area contributed by atoms with Gasteiger partial charge in [-0.05, 0) is 56.7 Å². The maximum Gasteiger partial charge on any atom is 0.244 e. The average molecular weight is 669 g/mol. The number of rotatable bonds is 10. The number of halogens is 3. The molecule has 0 bridgehead atoms. The number of nitrogens with zero attached hydrogens (tertiary/aromatic N) is 2. The van der Waals surface area contributed by atoms with Crippen LogP contribution in [0.3, 0.4) is 0 Å². The highest BCUT2D eigenvalue weighted by atomic mass is 79.9. The Labute approximate surface area is 254 Å². The molecular weight excluding hydrogens is 637 g/mol. The first kappa shape index (κ1) is 31.9. The lowest BCUT2D eigenvalue weighted by atomic mass is 10.0. The Bertz CT molecular complexity index is 1440. The number of carbonyl (C=O) groups excluding carboxylic acids is 2. The van der Waals surface area contributed by atoms with Crippen LogP contribution in [0.15, 0.2) is 77.3 Å². The van der Waals surface area contributed by atoms with Crippen LogP contribution in [0.25, 0.3) is 0 Å². The average Bonchev–Trinajstić information content (AvgIpc) is 2.85. The Morgan fingerprint density at radius 3 is 2.10 bits per heavy atom. The fraction of sp³-hybridized carbons (Fsp3) is 0.310. The van der Waals surface area contributed by atoms with Gasteiger partial charge in [0.05, 0.1) is 11.9 Å². The highest BCUT2D eigenvalue weighted by Crippen LogP contribution is 2.28. The van der Waals surface area contributed by atoms with Crippen molar-refractivity contribution < 1.29 is 18.0 Å². The minimum Gasteiger partial charge on any atom is -0.350 e. The fourth-order valence-corrected chi connectivity index (χ4v) is 5.85. The van der Waals surface area contributed by atoms with E-state index in [-0.39, 0.29) is 18.9 Å². The van der Waals surface area contributed by atoms with E-state index in [1.165, 1.54) is 4.90 Å². The molecule has 0 aliphatic rings. The van der Waals surface area contributed by atoms with E-state index in [0.717, 1.165) is 16.1 Å². The minimum atomic E-state index is -3.87. The van der Waals surface area contributed by atoms with E-state index in [4.69, 9.17) is 23.2 Å². The molecule has 40 heavy (non-hydrogen) atoms. The highest BCUT2D eigenvalue weighted by molar-refractivity contribution is 9.10. The second-order valence-corrected chi connectivity index (χ2v) is 14.1. The van der Waals surface area contributed by atoms with Crippen LogP contribution in [0.1, 0.15) is 31.9 Å². The highest BCUT2D eigenvalue weighted by Gasteiger charge is 2.35. The summed E-state index contributed by atoms with van der Waals surface area (Å²) >= 11 is 16.3. The van der Waals surface area contributed by atoms with Gasteiger partial charge in [0.25, 0.3) is 0 Å². The standard InChI is InChI=1S/C29H32BrCl2N3O4S/c1-29(2,3)33-28(37)26(16-20-10-6-5-7-11-20)34(18-23-24(31)14-9-15-25(23)32)27(36)19-35(40(4,38)39)22-13-8-12-21(30)17-22/h5-15,17,26H,16,18-19H2,1-4H3,(H,33,37). The van der Waals surface area contributed by atoms with Gasteiger partial charge in [-0.3, -0.25) is 13.9 Å². The molecule has 0 saturated heterocycles. The molecule has 3 aromatic carbocycles. The lowest BCUT2D eigenvalue weighted by Gasteiger charge is -2.35. The van der Waals surface area contributed by atoms with Crippen LogP contribution >= 0.6 is 39.1 Å². The van der Waals surface area contributed by atoms with Crippen molar-refractivity contribution in [3.63, 3.8) is 0 Å². The monoisotopic (exact) mass is 667 g/mol. The first-order chi connectivity index (χ1) is 18.7. The van der Waals surface area contributed by atoms with Gasteiger partial charge >= 0.3 is 0 Å². The normalized spacial score (nSPS) is 12.5. The van der Waals surface area contributed by atoms with Crippen LogP contribution in [0.2, 0.25) is 10.0 Å². The van der Waals surface area contributed by atoms with Crippen LogP contribution < -0.4 is 9.62 Å². The van der Waals surface area contributed by atoms with Crippen molar-refractivity contribution in [3.05, 3.63) is 98.4 Å². The summed E-state index contributed by atoms with van der Waals surface area (Å²) in [5.74, 6) is -0.979. The zero-order valence-corrected chi connectivity index (χ0v) is 26.6.